The number of hydrogen-bond acceptors (Lipinski definition) is 3. The van der Waals surface area contributed by atoms with Gasteiger partial charge in [-0.05, 0) is 19.9 Å². The summed E-state index contributed by atoms with van der Waals surface area (Å²) in [6.45, 7) is 3.99. The topological polar surface area (TPSA) is 45.7 Å². The molecule has 0 aliphatic carbocycles. The van der Waals surface area contributed by atoms with Crippen LogP contribution in [0.3, 0.4) is 0 Å². The van der Waals surface area contributed by atoms with E-state index in [0.717, 1.165) is 27.7 Å². The van der Waals surface area contributed by atoms with Gasteiger partial charge in [0.25, 0.3) is 0 Å². The van der Waals surface area contributed by atoms with Gasteiger partial charge in [0.1, 0.15) is 5.58 Å². The third-order valence-corrected chi connectivity index (χ3v) is 3.48. The van der Waals surface area contributed by atoms with Gasteiger partial charge in [-0.2, -0.15) is 0 Å². The van der Waals surface area contributed by atoms with Gasteiger partial charge in [-0.3, -0.25) is 0 Å². The first-order valence-corrected chi connectivity index (χ1v) is 6.48. The summed E-state index contributed by atoms with van der Waals surface area (Å²) in [7, 11) is 0. The van der Waals surface area contributed by atoms with Crippen molar-refractivity contribution in [2.45, 2.75) is 13.8 Å². The number of aryl methyl sites for hydroxylation is 2. The van der Waals surface area contributed by atoms with E-state index in [1.165, 1.54) is 0 Å². The SMILES string of the molecule is Cc1ccc(/C(=N/O)c2oc3ccccc3c2C)cc1. The zero-order valence-corrected chi connectivity index (χ0v) is 11.4. The van der Waals surface area contributed by atoms with Crippen molar-refractivity contribution < 1.29 is 9.62 Å². The Bertz CT molecular complexity index is 782. The zero-order chi connectivity index (χ0) is 14.1. The highest BCUT2D eigenvalue weighted by Gasteiger charge is 2.17. The minimum absolute atomic E-state index is 0.457. The molecule has 0 radical (unpaired) electrons. The highest BCUT2D eigenvalue weighted by Crippen LogP contribution is 2.27. The molecule has 0 aliphatic heterocycles. The Morgan fingerprint density at radius 3 is 2.35 bits per heavy atom. The van der Waals surface area contributed by atoms with Gasteiger partial charge in [0.2, 0.25) is 0 Å². The minimum atomic E-state index is 0.457. The van der Waals surface area contributed by atoms with Crippen LogP contribution in [0.1, 0.15) is 22.5 Å². The first-order chi connectivity index (χ1) is 9.70. The van der Waals surface area contributed by atoms with Crippen LogP contribution in [0.4, 0.5) is 0 Å². The lowest BCUT2D eigenvalue weighted by Crippen LogP contribution is -2.03. The molecule has 100 valence electrons. The fraction of sp³-hybridized carbons (Fsp3) is 0.118. The van der Waals surface area contributed by atoms with Crippen molar-refractivity contribution in [1.29, 1.82) is 0 Å². The number of rotatable bonds is 2. The van der Waals surface area contributed by atoms with E-state index in [4.69, 9.17) is 4.42 Å². The molecule has 1 aromatic heterocycles. The second kappa shape index (κ2) is 4.85. The molecule has 0 bridgehead atoms. The summed E-state index contributed by atoms with van der Waals surface area (Å²) in [5.74, 6) is 0.609. The van der Waals surface area contributed by atoms with Gasteiger partial charge in [-0.25, -0.2) is 0 Å². The van der Waals surface area contributed by atoms with Crippen LogP contribution in [0.25, 0.3) is 11.0 Å². The average molecular weight is 265 g/mol. The van der Waals surface area contributed by atoms with Crippen LogP contribution in [0.15, 0.2) is 58.1 Å². The quantitative estimate of drug-likeness (QED) is 0.427. The van der Waals surface area contributed by atoms with E-state index in [0.29, 0.717) is 11.5 Å². The van der Waals surface area contributed by atoms with E-state index in [2.05, 4.69) is 5.16 Å². The molecule has 3 heteroatoms. The van der Waals surface area contributed by atoms with E-state index in [9.17, 15) is 5.21 Å². The number of furan rings is 1. The molecule has 3 nitrogen and oxygen atoms in total. The van der Waals surface area contributed by atoms with E-state index in [-0.39, 0.29) is 0 Å². The Balaban J connectivity index is 2.17. The molecule has 0 unspecified atom stereocenters. The maximum Gasteiger partial charge on any atom is 0.160 e. The molecule has 0 spiro atoms. The molecule has 0 saturated carbocycles. The zero-order valence-electron chi connectivity index (χ0n) is 11.4. The molecule has 0 amide bonds. The van der Waals surface area contributed by atoms with Crippen molar-refractivity contribution >= 4 is 16.7 Å². The van der Waals surface area contributed by atoms with Crippen molar-refractivity contribution in [3.05, 3.63) is 71.0 Å². The predicted octanol–water partition coefficient (Wildman–Crippen LogP) is 4.28. The lowest BCUT2D eigenvalue weighted by Gasteiger charge is -2.03. The third-order valence-electron chi connectivity index (χ3n) is 3.48. The van der Waals surface area contributed by atoms with Crippen LogP contribution in [0.5, 0.6) is 0 Å². The molecule has 0 fully saturated rings. The number of nitrogens with zero attached hydrogens (tertiary/aromatic N) is 1. The lowest BCUT2D eigenvalue weighted by molar-refractivity contribution is 0.318. The summed E-state index contributed by atoms with van der Waals surface area (Å²) in [5.41, 5.74) is 4.23. The average Bonchev–Trinajstić information content (AvgIpc) is 2.80. The smallest absolute Gasteiger partial charge is 0.160 e. The molecule has 3 rings (SSSR count). The summed E-state index contributed by atoms with van der Waals surface area (Å²) >= 11 is 0. The van der Waals surface area contributed by atoms with Crippen molar-refractivity contribution in [3.8, 4) is 0 Å². The molecule has 0 aliphatic rings. The molecular weight excluding hydrogens is 250 g/mol. The van der Waals surface area contributed by atoms with Crippen molar-refractivity contribution in [3.63, 3.8) is 0 Å². The summed E-state index contributed by atoms with van der Waals surface area (Å²) < 4.78 is 5.85. The maximum atomic E-state index is 9.38. The fourth-order valence-corrected chi connectivity index (χ4v) is 2.35. The predicted molar refractivity (Wildman–Crippen MR) is 79.6 cm³/mol. The molecule has 3 aromatic rings. The Kier molecular flexibility index (Phi) is 3.03. The number of oxime groups is 1. The largest absolute Gasteiger partial charge is 0.454 e. The van der Waals surface area contributed by atoms with Crippen molar-refractivity contribution in [2.75, 3.05) is 0 Å². The van der Waals surface area contributed by atoms with E-state index < -0.39 is 0 Å². The molecule has 1 heterocycles. The van der Waals surface area contributed by atoms with Gasteiger partial charge in [0.05, 0.1) is 0 Å². The highest BCUT2D eigenvalue weighted by atomic mass is 16.4. The van der Waals surface area contributed by atoms with Gasteiger partial charge < -0.3 is 9.62 Å². The summed E-state index contributed by atoms with van der Waals surface area (Å²) in [6.07, 6.45) is 0. The standard InChI is InChI=1S/C17H15NO2/c1-11-7-9-13(10-8-11)16(18-19)17-12(2)14-5-3-4-6-15(14)20-17/h3-10,19H,1-2H3/b18-16-. The molecule has 20 heavy (non-hydrogen) atoms. The first-order valence-electron chi connectivity index (χ1n) is 6.48. The van der Waals surface area contributed by atoms with Gasteiger partial charge in [-0.15, -0.1) is 0 Å². The molecular formula is C17H15NO2. The molecule has 2 aromatic carbocycles. The second-order valence-corrected chi connectivity index (χ2v) is 4.87. The van der Waals surface area contributed by atoms with E-state index in [1.54, 1.807) is 0 Å². The van der Waals surface area contributed by atoms with Crippen molar-refractivity contribution in [2.24, 2.45) is 5.16 Å². The molecule has 0 atom stereocenters. The lowest BCUT2D eigenvalue weighted by atomic mass is 10.0. The van der Waals surface area contributed by atoms with E-state index >= 15 is 0 Å². The third kappa shape index (κ3) is 1.97. The van der Waals surface area contributed by atoms with E-state index in [1.807, 2.05) is 62.4 Å². The maximum absolute atomic E-state index is 9.38. The monoisotopic (exact) mass is 265 g/mol. The van der Waals surface area contributed by atoms with Gasteiger partial charge >= 0.3 is 0 Å². The fourth-order valence-electron chi connectivity index (χ4n) is 2.35. The van der Waals surface area contributed by atoms with Crippen LogP contribution in [-0.4, -0.2) is 10.9 Å². The number of fused-ring (bicyclic) bond motifs is 1. The molecule has 0 saturated heterocycles. The first kappa shape index (κ1) is 12.5. The van der Waals surface area contributed by atoms with Crippen LogP contribution >= 0.6 is 0 Å². The summed E-state index contributed by atoms with van der Waals surface area (Å²) in [5, 5.41) is 13.9. The highest BCUT2D eigenvalue weighted by molar-refractivity contribution is 6.13. The van der Waals surface area contributed by atoms with Crippen molar-refractivity contribution in [1.82, 2.24) is 0 Å². The van der Waals surface area contributed by atoms with Crippen LogP contribution in [0.2, 0.25) is 0 Å². The van der Waals surface area contributed by atoms with Gasteiger partial charge in [0, 0.05) is 16.5 Å². The Hall–Kier alpha value is -2.55. The summed E-state index contributed by atoms with van der Waals surface area (Å²) in [4.78, 5) is 0. The number of benzene rings is 2. The van der Waals surface area contributed by atoms with Crippen LogP contribution < -0.4 is 0 Å². The summed E-state index contributed by atoms with van der Waals surface area (Å²) in [6, 6.07) is 15.6. The number of para-hydroxylation sites is 1. The van der Waals surface area contributed by atoms with Gasteiger partial charge in [-0.1, -0.05) is 53.2 Å². The van der Waals surface area contributed by atoms with Crippen LogP contribution in [0, 0.1) is 13.8 Å². The van der Waals surface area contributed by atoms with Gasteiger partial charge in [0.15, 0.2) is 11.5 Å². The Morgan fingerprint density at radius 2 is 1.70 bits per heavy atom. The normalized spacial score (nSPS) is 12.0. The Labute approximate surface area is 117 Å². The second-order valence-electron chi connectivity index (χ2n) is 4.87. The Morgan fingerprint density at radius 1 is 1.00 bits per heavy atom. The minimum Gasteiger partial charge on any atom is -0.454 e. The van der Waals surface area contributed by atoms with Crippen LogP contribution in [-0.2, 0) is 0 Å². The number of hydrogen-bond donors (Lipinski definition) is 1. The molecule has 1 N–H and O–H groups in total.